The van der Waals surface area contributed by atoms with E-state index in [4.69, 9.17) is 24.3 Å². The molecule has 5 aromatic rings. The second-order valence-corrected chi connectivity index (χ2v) is 12.7. The number of aliphatic hydroxyl groups excluding tert-OH is 2. The Morgan fingerprint density at radius 2 is 1.85 bits per heavy atom. The third kappa shape index (κ3) is 6.31. The van der Waals surface area contributed by atoms with Crippen LogP contribution >= 0.6 is 7.75 Å². The van der Waals surface area contributed by atoms with E-state index < -0.39 is 50.3 Å². The molecular formula is C33H32N5O8P. The Bertz CT molecular complexity index is 1990. The van der Waals surface area contributed by atoms with Gasteiger partial charge in [-0.2, -0.15) is 15.4 Å². The molecule has 1 unspecified atom stereocenters. The van der Waals surface area contributed by atoms with Crippen molar-refractivity contribution in [2.24, 2.45) is 0 Å². The van der Waals surface area contributed by atoms with E-state index >= 15 is 0 Å². The van der Waals surface area contributed by atoms with E-state index in [0.717, 1.165) is 10.9 Å². The van der Waals surface area contributed by atoms with Crippen LogP contribution in [0.25, 0.3) is 16.3 Å². The van der Waals surface area contributed by atoms with Crippen LogP contribution < -0.4 is 15.3 Å². The molecule has 47 heavy (non-hydrogen) atoms. The van der Waals surface area contributed by atoms with Crippen LogP contribution in [-0.2, 0) is 35.6 Å². The van der Waals surface area contributed by atoms with E-state index in [-0.39, 0.29) is 18.1 Å². The first-order valence-corrected chi connectivity index (χ1v) is 16.3. The van der Waals surface area contributed by atoms with Gasteiger partial charge in [-0.15, -0.1) is 0 Å². The number of carbonyl (C=O) groups excluding carboxylic acids is 1. The Hall–Kier alpha value is -4.80. The summed E-state index contributed by atoms with van der Waals surface area (Å²) >= 11 is 0. The summed E-state index contributed by atoms with van der Waals surface area (Å²) in [4.78, 5) is 12.9. The van der Waals surface area contributed by atoms with Gasteiger partial charge in [-0.3, -0.25) is 9.32 Å². The zero-order valence-electron chi connectivity index (χ0n) is 25.2. The number of hydrogen-bond donors (Lipinski definition) is 4. The number of benzene rings is 3. The smallest absolute Gasteiger partial charge is 0.459 e. The van der Waals surface area contributed by atoms with Crippen molar-refractivity contribution in [1.82, 2.24) is 14.7 Å². The molecule has 0 saturated carbocycles. The standard InChI is InChI=1S/C33H32N5O8P/c1-21(32(41)43-18-22-8-3-2-4-9-22)37-47(42,46-27-13-7-11-23-10-5-6-12-24(23)27)44-19-28-30(39)31(40)33(20-34,45-28)29-15-14-26-25(35)16-17-36-38(26)29/h2-17,21,28,30-31,39-40H,18-19,35H2,1H3,(H,37,42)/t21-,28+,30+,31+,33-,47?/m0/s1. The fourth-order valence-corrected chi connectivity index (χ4v) is 6.97. The van der Waals surface area contributed by atoms with Gasteiger partial charge in [0.1, 0.15) is 42.8 Å². The Balaban J connectivity index is 1.25. The normalized spacial score (nSPS) is 22.8. The number of rotatable bonds is 11. The summed E-state index contributed by atoms with van der Waals surface area (Å²) in [7, 11) is -4.45. The van der Waals surface area contributed by atoms with Crippen molar-refractivity contribution in [1.29, 1.82) is 5.26 Å². The van der Waals surface area contributed by atoms with Crippen LogP contribution in [0.15, 0.2) is 97.2 Å². The van der Waals surface area contributed by atoms with Crippen molar-refractivity contribution >= 4 is 35.7 Å². The van der Waals surface area contributed by atoms with Crippen molar-refractivity contribution in [3.05, 3.63) is 108 Å². The minimum Gasteiger partial charge on any atom is -0.460 e. The van der Waals surface area contributed by atoms with Crippen LogP contribution in [0, 0.1) is 11.3 Å². The van der Waals surface area contributed by atoms with Gasteiger partial charge in [0.15, 0.2) is 0 Å². The largest absolute Gasteiger partial charge is 0.460 e. The summed E-state index contributed by atoms with van der Waals surface area (Å²) in [5.74, 6) is -0.520. The molecule has 1 aliphatic heterocycles. The third-order valence-corrected chi connectivity index (χ3v) is 9.53. The molecule has 3 aromatic carbocycles. The number of nitrogens with zero attached hydrogens (tertiary/aromatic N) is 3. The molecule has 14 heteroatoms. The van der Waals surface area contributed by atoms with E-state index in [9.17, 15) is 24.8 Å². The molecule has 1 aliphatic rings. The predicted octanol–water partition coefficient (Wildman–Crippen LogP) is 3.83. The number of nitriles is 1. The number of nitrogens with two attached hydrogens (primary N) is 1. The maximum atomic E-state index is 14.4. The molecule has 0 amide bonds. The van der Waals surface area contributed by atoms with Gasteiger partial charge in [-0.05, 0) is 42.1 Å². The molecular weight excluding hydrogens is 625 g/mol. The fourth-order valence-electron chi connectivity index (χ4n) is 5.44. The summed E-state index contributed by atoms with van der Waals surface area (Å²) in [6.07, 6.45) is -3.34. The van der Waals surface area contributed by atoms with Crippen LogP contribution in [0.1, 0.15) is 18.2 Å². The molecule has 242 valence electrons. The lowest BCUT2D eigenvalue weighted by Crippen LogP contribution is -2.41. The zero-order valence-corrected chi connectivity index (χ0v) is 26.1. The van der Waals surface area contributed by atoms with Crippen LogP contribution in [0.3, 0.4) is 0 Å². The molecule has 1 fully saturated rings. The van der Waals surface area contributed by atoms with Crippen LogP contribution in [-0.4, -0.2) is 56.8 Å². The van der Waals surface area contributed by atoms with Gasteiger partial charge in [0, 0.05) is 11.6 Å². The molecule has 1 saturated heterocycles. The summed E-state index contributed by atoms with van der Waals surface area (Å²) < 4.78 is 38.9. The number of esters is 1. The summed E-state index contributed by atoms with van der Waals surface area (Å²) in [5.41, 5.74) is 5.69. The first-order valence-electron chi connectivity index (χ1n) is 14.7. The number of ether oxygens (including phenoxy) is 2. The topological polar surface area (TPSA) is 191 Å². The highest BCUT2D eigenvalue weighted by Gasteiger charge is 2.58. The fraction of sp³-hybridized carbons (Fsp3) is 0.242. The molecule has 0 spiro atoms. The lowest BCUT2D eigenvalue weighted by molar-refractivity contribution is -0.146. The number of anilines is 1. The average Bonchev–Trinajstić information content (AvgIpc) is 3.63. The molecule has 0 radical (unpaired) electrons. The first kappa shape index (κ1) is 32.2. The van der Waals surface area contributed by atoms with Gasteiger partial charge in [0.2, 0.25) is 5.60 Å². The number of hydrogen-bond acceptors (Lipinski definition) is 11. The summed E-state index contributed by atoms with van der Waals surface area (Å²) in [5, 5.41) is 40.7. The van der Waals surface area contributed by atoms with E-state index in [1.807, 2.05) is 42.5 Å². The SMILES string of the molecule is C[C@H](NP(=O)(OC[C@H]1O[C@@](C#N)(c2ccc3c(N)ccnn23)[C@H](O)[C@@H]1O)Oc1cccc2ccccc12)C(=O)OCc1ccccc1. The highest BCUT2D eigenvalue weighted by atomic mass is 31.2. The minimum atomic E-state index is -4.45. The number of nitrogen functional groups attached to an aromatic ring is 1. The monoisotopic (exact) mass is 657 g/mol. The Kier molecular flexibility index (Phi) is 8.98. The Morgan fingerprint density at radius 1 is 1.11 bits per heavy atom. The van der Waals surface area contributed by atoms with E-state index in [0.29, 0.717) is 16.6 Å². The predicted molar refractivity (Wildman–Crippen MR) is 171 cm³/mol. The molecule has 13 nitrogen and oxygen atoms in total. The number of carbonyl (C=O) groups is 1. The van der Waals surface area contributed by atoms with Gasteiger partial charge in [-0.1, -0.05) is 66.7 Å². The molecule has 6 atom stereocenters. The molecule has 0 bridgehead atoms. The maximum Gasteiger partial charge on any atom is 0.459 e. The lowest BCUT2D eigenvalue weighted by Gasteiger charge is -2.26. The van der Waals surface area contributed by atoms with Crippen LogP contribution in [0.4, 0.5) is 5.69 Å². The molecule has 5 N–H and O–H groups in total. The van der Waals surface area contributed by atoms with Crippen molar-refractivity contribution in [3.8, 4) is 11.8 Å². The summed E-state index contributed by atoms with van der Waals surface area (Å²) in [6, 6.07) is 27.0. The second kappa shape index (κ2) is 13.1. The highest BCUT2D eigenvalue weighted by molar-refractivity contribution is 7.52. The Labute approximate surface area is 269 Å². The van der Waals surface area contributed by atoms with Gasteiger partial charge < -0.3 is 29.9 Å². The van der Waals surface area contributed by atoms with Gasteiger partial charge in [-0.25, -0.2) is 9.08 Å². The third-order valence-electron chi connectivity index (χ3n) is 7.90. The molecule has 2 aromatic heterocycles. The van der Waals surface area contributed by atoms with E-state index in [1.54, 1.807) is 48.5 Å². The number of aromatic nitrogens is 2. The van der Waals surface area contributed by atoms with Crippen LogP contribution in [0.5, 0.6) is 5.75 Å². The number of nitrogens with one attached hydrogen (secondary N) is 1. The molecule has 6 rings (SSSR count). The molecule has 0 aliphatic carbocycles. The first-order chi connectivity index (χ1) is 22.6. The number of fused-ring (bicyclic) bond motifs is 2. The molecule has 3 heterocycles. The van der Waals surface area contributed by atoms with E-state index in [1.165, 1.54) is 23.7 Å². The quantitative estimate of drug-likeness (QED) is 0.119. The van der Waals surface area contributed by atoms with Gasteiger partial charge in [0.05, 0.1) is 23.5 Å². The highest BCUT2D eigenvalue weighted by Crippen LogP contribution is 2.48. The van der Waals surface area contributed by atoms with Crippen molar-refractivity contribution in [2.75, 3.05) is 12.3 Å². The van der Waals surface area contributed by atoms with Gasteiger partial charge in [0.25, 0.3) is 0 Å². The Morgan fingerprint density at radius 3 is 2.64 bits per heavy atom. The lowest BCUT2D eigenvalue weighted by atomic mass is 9.92. The average molecular weight is 658 g/mol. The van der Waals surface area contributed by atoms with E-state index in [2.05, 4.69) is 10.2 Å². The van der Waals surface area contributed by atoms with Crippen molar-refractivity contribution in [2.45, 2.75) is 43.5 Å². The minimum absolute atomic E-state index is 0.00774. The maximum absolute atomic E-state index is 14.4. The second-order valence-electron chi connectivity index (χ2n) is 11.0. The van der Waals surface area contributed by atoms with Crippen molar-refractivity contribution in [3.63, 3.8) is 0 Å². The zero-order chi connectivity index (χ0) is 33.2. The van der Waals surface area contributed by atoms with Crippen molar-refractivity contribution < 1.29 is 38.1 Å². The number of aliphatic hydroxyl groups is 2. The van der Waals surface area contributed by atoms with Gasteiger partial charge >= 0.3 is 13.7 Å². The van der Waals surface area contributed by atoms with Crippen LogP contribution in [0.2, 0.25) is 0 Å². The summed E-state index contributed by atoms with van der Waals surface area (Å²) in [6.45, 7) is 0.825.